The van der Waals surface area contributed by atoms with E-state index in [9.17, 15) is 18.4 Å². The Bertz CT molecular complexity index is 1420. The van der Waals surface area contributed by atoms with Crippen molar-refractivity contribution < 1.29 is 36.4 Å². The van der Waals surface area contributed by atoms with Crippen LogP contribution in [0.3, 0.4) is 0 Å². The number of amides is 1. The van der Waals surface area contributed by atoms with Crippen molar-refractivity contribution in [2.24, 2.45) is 5.41 Å². The molecule has 0 saturated carbocycles. The van der Waals surface area contributed by atoms with Gasteiger partial charge in [0, 0.05) is 11.6 Å². The van der Waals surface area contributed by atoms with E-state index in [1.807, 2.05) is 20.8 Å². The van der Waals surface area contributed by atoms with E-state index in [4.69, 9.17) is 18.0 Å². The summed E-state index contributed by atoms with van der Waals surface area (Å²) in [6.07, 6.45) is 0.677. The van der Waals surface area contributed by atoms with Gasteiger partial charge in [0.25, 0.3) is 0 Å². The Morgan fingerprint density at radius 1 is 0.976 bits per heavy atom. The zero-order valence-electron chi connectivity index (χ0n) is 26.2. The molecule has 0 aliphatic carbocycles. The monoisotopic (exact) mass is 605 g/mol. The van der Waals surface area contributed by atoms with Gasteiger partial charge in [-0.25, -0.2) is 23.5 Å². The molecular formula is C30H41F2N3O6Si. The third-order valence-electron chi connectivity index (χ3n) is 6.89. The summed E-state index contributed by atoms with van der Waals surface area (Å²) in [7, 11) is -2.10. The number of ketones is 1. The van der Waals surface area contributed by atoms with Gasteiger partial charge < -0.3 is 23.3 Å². The first kappa shape index (κ1) is 33.1. The molecule has 1 amide bonds. The topological polar surface area (TPSA) is 117 Å². The van der Waals surface area contributed by atoms with Crippen LogP contribution in [-0.4, -0.2) is 35.8 Å². The SMILES string of the molecule is CC(C)(C)OC(=O)N[C@H](c1nc(-c2nc(CO[Si](C)(C)C(C)(C)C)co2)c(C(=O)c2cc(F)cc(F)c2)o1)C(C)(C)C. The molecule has 3 aromatic rings. The summed E-state index contributed by atoms with van der Waals surface area (Å²) in [6.45, 7) is 21.4. The molecule has 0 fully saturated rings. The van der Waals surface area contributed by atoms with Crippen molar-refractivity contribution in [3.05, 3.63) is 59.0 Å². The van der Waals surface area contributed by atoms with Crippen molar-refractivity contribution in [2.75, 3.05) is 0 Å². The number of nitrogens with zero attached hydrogens (tertiary/aromatic N) is 2. The fourth-order valence-corrected chi connectivity index (χ4v) is 4.54. The van der Waals surface area contributed by atoms with Crippen molar-refractivity contribution in [3.63, 3.8) is 0 Å². The summed E-state index contributed by atoms with van der Waals surface area (Å²) in [5.74, 6) is -3.15. The van der Waals surface area contributed by atoms with Crippen LogP contribution in [0.25, 0.3) is 11.6 Å². The van der Waals surface area contributed by atoms with E-state index in [0.29, 0.717) is 11.8 Å². The van der Waals surface area contributed by atoms with Gasteiger partial charge in [0.2, 0.25) is 23.3 Å². The third kappa shape index (κ3) is 8.12. The van der Waals surface area contributed by atoms with Crippen LogP contribution in [0.5, 0.6) is 0 Å². The summed E-state index contributed by atoms with van der Waals surface area (Å²) < 4.78 is 51.3. The quantitative estimate of drug-likeness (QED) is 0.203. The average molecular weight is 606 g/mol. The van der Waals surface area contributed by atoms with Crippen LogP contribution in [0.15, 0.2) is 33.3 Å². The van der Waals surface area contributed by atoms with Crippen molar-refractivity contribution in [1.29, 1.82) is 0 Å². The van der Waals surface area contributed by atoms with Crippen molar-refractivity contribution >= 4 is 20.2 Å². The fourth-order valence-electron chi connectivity index (χ4n) is 3.60. The van der Waals surface area contributed by atoms with Gasteiger partial charge >= 0.3 is 6.09 Å². The molecular weight excluding hydrogens is 564 g/mol. The molecule has 230 valence electrons. The number of alkyl carbamates (subject to hydrolysis) is 1. The maximum atomic E-state index is 14.0. The first-order valence-corrected chi connectivity index (χ1v) is 16.6. The highest BCUT2D eigenvalue weighted by Crippen LogP contribution is 2.38. The lowest BCUT2D eigenvalue weighted by atomic mass is 9.86. The molecule has 0 aliphatic heterocycles. The average Bonchev–Trinajstić information content (AvgIpc) is 3.45. The number of halogens is 2. The van der Waals surface area contributed by atoms with E-state index in [1.54, 1.807) is 20.8 Å². The highest BCUT2D eigenvalue weighted by molar-refractivity contribution is 6.74. The summed E-state index contributed by atoms with van der Waals surface area (Å²) >= 11 is 0. The zero-order chi connectivity index (χ0) is 31.8. The number of nitrogens with one attached hydrogen (secondary N) is 1. The molecule has 0 unspecified atom stereocenters. The lowest BCUT2D eigenvalue weighted by Gasteiger charge is -2.35. The summed E-state index contributed by atoms with van der Waals surface area (Å²) in [4.78, 5) is 35.3. The minimum atomic E-state index is -2.10. The molecule has 2 aromatic heterocycles. The Morgan fingerprint density at radius 2 is 1.57 bits per heavy atom. The highest BCUT2D eigenvalue weighted by atomic mass is 28.4. The molecule has 1 atom stereocenters. The summed E-state index contributed by atoms with van der Waals surface area (Å²) in [6, 6.07) is 1.58. The molecule has 0 saturated heterocycles. The molecule has 3 rings (SSSR count). The second-order valence-corrected chi connectivity index (χ2v) is 18.7. The Labute approximate surface area is 246 Å². The van der Waals surface area contributed by atoms with Gasteiger partial charge in [0.15, 0.2) is 14.0 Å². The molecule has 9 nitrogen and oxygen atoms in total. The van der Waals surface area contributed by atoms with E-state index in [0.717, 1.165) is 12.1 Å². The molecule has 42 heavy (non-hydrogen) atoms. The summed E-state index contributed by atoms with van der Waals surface area (Å²) in [5, 5.41) is 2.74. The Kier molecular flexibility index (Phi) is 9.24. The normalized spacial score (nSPS) is 13.6. The molecule has 0 radical (unpaired) electrons. The predicted octanol–water partition coefficient (Wildman–Crippen LogP) is 7.97. The van der Waals surface area contributed by atoms with Crippen LogP contribution in [0.1, 0.15) is 96.1 Å². The van der Waals surface area contributed by atoms with Gasteiger partial charge in [-0.15, -0.1) is 0 Å². The lowest BCUT2D eigenvalue weighted by molar-refractivity contribution is 0.0446. The van der Waals surface area contributed by atoms with Gasteiger partial charge in [-0.3, -0.25) is 4.79 Å². The van der Waals surface area contributed by atoms with E-state index >= 15 is 0 Å². The van der Waals surface area contributed by atoms with Crippen molar-refractivity contribution in [2.45, 2.75) is 98.7 Å². The third-order valence-corrected chi connectivity index (χ3v) is 11.4. The van der Waals surface area contributed by atoms with Gasteiger partial charge in [-0.1, -0.05) is 41.5 Å². The number of hydrogen-bond donors (Lipinski definition) is 1. The van der Waals surface area contributed by atoms with E-state index in [-0.39, 0.29) is 40.4 Å². The van der Waals surface area contributed by atoms with Gasteiger partial charge in [0.05, 0.1) is 6.61 Å². The Balaban J connectivity index is 2.08. The van der Waals surface area contributed by atoms with E-state index in [1.165, 1.54) is 6.26 Å². The molecule has 0 bridgehead atoms. The van der Waals surface area contributed by atoms with Crippen LogP contribution >= 0.6 is 0 Å². The van der Waals surface area contributed by atoms with Gasteiger partial charge in [-0.05, 0) is 56.5 Å². The minimum Gasteiger partial charge on any atom is -0.444 e. The van der Waals surface area contributed by atoms with Crippen LogP contribution in [-0.2, 0) is 15.8 Å². The standard InChI is InChI=1S/C30H41F2N3O6Si/c1-28(2,3)24(35-27(37)41-29(4,5)6)26-34-21(23(40-26)22(36)17-12-18(31)14-19(32)13-17)25-33-20(15-38-25)16-39-42(10,11)30(7,8)9/h12-15,24H,16H2,1-11H3,(H,35,37)/t24-/m1/s1. The Hall–Kier alpha value is -3.38. The fraction of sp³-hybridized carbons (Fsp3) is 0.533. The first-order valence-electron chi connectivity index (χ1n) is 13.7. The molecule has 1 N–H and O–H groups in total. The molecule has 2 heterocycles. The number of ether oxygens (including phenoxy) is 1. The van der Waals surface area contributed by atoms with Gasteiger partial charge in [0.1, 0.15) is 35.2 Å². The smallest absolute Gasteiger partial charge is 0.408 e. The zero-order valence-corrected chi connectivity index (χ0v) is 27.2. The van der Waals surface area contributed by atoms with E-state index < -0.39 is 48.9 Å². The number of hydrogen-bond acceptors (Lipinski definition) is 8. The van der Waals surface area contributed by atoms with Crippen LogP contribution in [0, 0.1) is 17.0 Å². The van der Waals surface area contributed by atoms with Gasteiger partial charge in [-0.2, -0.15) is 0 Å². The minimum absolute atomic E-state index is 0.0243. The van der Waals surface area contributed by atoms with E-state index in [2.05, 4.69) is 49.1 Å². The van der Waals surface area contributed by atoms with Crippen LogP contribution < -0.4 is 5.32 Å². The predicted molar refractivity (Wildman–Crippen MR) is 155 cm³/mol. The lowest BCUT2D eigenvalue weighted by Crippen LogP contribution is -2.40. The number of carbonyl (C=O) groups excluding carboxylic acids is 2. The first-order chi connectivity index (χ1) is 19.1. The number of aromatic nitrogens is 2. The number of carbonyl (C=O) groups is 2. The highest BCUT2D eigenvalue weighted by Gasteiger charge is 2.38. The molecule has 12 heteroatoms. The molecule has 0 aliphatic rings. The van der Waals surface area contributed by atoms with Crippen LogP contribution in [0.2, 0.25) is 18.1 Å². The number of rotatable bonds is 8. The van der Waals surface area contributed by atoms with Crippen molar-refractivity contribution in [1.82, 2.24) is 15.3 Å². The maximum absolute atomic E-state index is 14.0. The van der Waals surface area contributed by atoms with Crippen molar-refractivity contribution in [3.8, 4) is 11.6 Å². The molecule has 0 spiro atoms. The van der Waals surface area contributed by atoms with Crippen LogP contribution in [0.4, 0.5) is 13.6 Å². The second-order valence-electron chi connectivity index (χ2n) is 13.9. The Morgan fingerprint density at radius 3 is 2.10 bits per heavy atom. The largest absolute Gasteiger partial charge is 0.444 e. The number of oxazole rings is 2. The second kappa shape index (κ2) is 11.7. The molecule has 1 aromatic carbocycles. The number of benzene rings is 1. The summed E-state index contributed by atoms with van der Waals surface area (Å²) in [5.41, 5.74) is -1.34. The maximum Gasteiger partial charge on any atom is 0.408 e.